The number of nitrogens with zero attached hydrogens (tertiary/aromatic N) is 1. The number of primary amides is 1. The van der Waals surface area contributed by atoms with Gasteiger partial charge in [-0.05, 0) is 26.3 Å². The number of thioether (sulfide) groups is 1. The van der Waals surface area contributed by atoms with E-state index in [2.05, 4.69) is 15.3 Å². The Balaban J connectivity index is 2.20. The first-order valence-corrected chi connectivity index (χ1v) is 9.75. The van der Waals surface area contributed by atoms with Crippen LogP contribution in [0.15, 0.2) is 16.0 Å². The van der Waals surface area contributed by atoms with Crippen LogP contribution in [0.2, 0.25) is 0 Å². The number of hydrogen-bond acceptors (Lipinski definition) is 9. The Kier molecular flexibility index (Phi) is 6.80. The van der Waals surface area contributed by atoms with Gasteiger partial charge in [-0.15, -0.1) is 11.3 Å². The van der Waals surface area contributed by atoms with Gasteiger partial charge in [0.25, 0.3) is 11.5 Å². The van der Waals surface area contributed by atoms with Gasteiger partial charge in [0.15, 0.2) is 5.16 Å². The van der Waals surface area contributed by atoms with E-state index in [1.165, 1.54) is 0 Å². The van der Waals surface area contributed by atoms with Crippen LogP contribution < -0.4 is 16.6 Å². The standard InChI is InChI=1S/C16H18N4O6S2/c1-6(2)26-15(25)11-7(3)12(13(17)24)28-14(11)18-10(23)5-27-16-19-8(21)4-9(22)20-16/h4,6H,5H2,1-3H3,(H2,17,24)(H,18,23)(H2,19,20,21,22). The van der Waals surface area contributed by atoms with Gasteiger partial charge in [-0.3, -0.25) is 14.4 Å². The molecule has 2 heterocycles. The fraction of sp³-hybridized carbons (Fsp3) is 0.312. The third-order valence-corrected chi connectivity index (χ3v) is 5.31. The number of nitrogens with two attached hydrogens (primary N) is 1. The van der Waals surface area contributed by atoms with E-state index in [4.69, 9.17) is 10.5 Å². The molecule has 0 aliphatic rings. The molecule has 2 aromatic heterocycles. The predicted molar refractivity (Wildman–Crippen MR) is 104 cm³/mol. The number of ether oxygens (including phenoxy) is 1. The largest absolute Gasteiger partial charge is 0.493 e. The fourth-order valence-electron chi connectivity index (χ4n) is 2.14. The molecule has 0 aliphatic carbocycles. The topological polar surface area (TPSA) is 164 Å². The molecule has 2 amide bonds. The summed E-state index contributed by atoms with van der Waals surface area (Å²) in [5.41, 5.74) is 5.16. The van der Waals surface area contributed by atoms with Gasteiger partial charge in [0, 0.05) is 0 Å². The number of H-pyrrole nitrogens is 1. The van der Waals surface area contributed by atoms with E-state index in [9.17, 15) is 24.3 Å². The molecule has 0 radical (unpaired) electrons. The molecule has 2 rings (SSSR count). The minimum Gasteiger partial charge on any atom is -0.493 e. The Hall–Kier alpha value is -2.86. The first-order chi connectivity index (χ1) is 13.1. The zero-order valence-corrected chi connectivity index (χ0v) is 16.8. The summed E-state index contributed by atoms with van der Waals surface area (Å²) >= 11 is 1.75. The number of esters is 1. The van der Waals surface area contributed by atoms with Crippen LogP contribution in [-0.4, -0.2) is 44.7 Å². The number of anilines is 1. The van der Waals surface area contributed by atoms with Crippen molar-refractivity contribution in [2.75, 3.05) is 11.1 Å². The molecular weight excluding hydrogens is 408 g/mol. The molecule has 0 saturated carbocycles. The molecule has 0 unspecified atom stereocenters. The predicted octanol–water partition coefficient (Wildman–Crippen LogP) is 1.24. The molecule has 5 N–H and O–H groups in total. The van der Waals surface area contributed by atoms with E-state index < -0.39 is 35.3 Å². The van der Waals surface area contributed by atoms with Crippen molar-refractivity contribution in [3.63, 3.8) is 0 Å². The van der Waals surface area contributed by atoms with Crippen LogP contribution >= 0.6 is 23.1 Å². The third kappa shape index (κ3) is 5.33. The van der Waals surface area contributed by atoms with Crippen molar-refractivity contribution in [2.24, 2.45) is 5.73 Å². The molecule has 0 aromatic carbocycles. The average molecular weight is 426 g/mol. The molecule has 28 heavy (non-hydrogen) atoms. The van der Waals surface area contributed by atoms with E-state index in [-0.39, 0.29) is 26.4 Å². The first-order valence-electron chi connectivity index (χ1n) is 7.95. The van der Waals surface area contributed by atoms with Crippen LogP contribution in [0.25, 0.3) is 0 Å². The average Bonchev–Trinajstić information content (AvgIpc) is 2.88. The van der Waals surface area contributed by atoms with Gasteiger partial charge in [0.1, 0.15) is 5.00 Å². The summed E-state index contributed by atoms with van der Waals surface area (Å²) in [6, 6.07) is 0.899. The van der Waals surface area contributed by atoms with Crippen molar-refractivity contribution in [1.82, 2.24) is 9.97 Å². The SMILES string of the molecule is Cc1c(C(N)=O)sc(NC(=O)CSc2nc(O)cc(=O)[nH]2)c1C(=O)OC(C)C. The summed E-state index contributed by atoms with van der Waals surface area (Å²) in [5.74, 6) is -2.57. The van der Waals surface area contributed by atoms with Crippen LogP contribution in [0.4, 0.5) is 5.00 Å². The van der Waals surface area contributed by atoms with E-state index >= 15 is 0 Å². The van der Waals surface area contributed by atoms with Gasteiger partial charge in [-0.1, -0.05) is 11.8 Å². The highest BCUT2D eigenvalue weighted by Gasteiger charge is 2.26. The summed E-state index contributed by atoms with van der Waals surface area (Å²) in [6.07, 6.45) is -0.392. The third-order valence-electron chi connectivity index (χ3n) is 3.22. The van der Waals surface area contributed by atoms with Crippen molar-refractivity contribution in [3.8, 4) is 5.88 Å². The fourth-order valence-corrected chi connectivity index (χ4v) is 3.88. The number of aromatic amines is 1. The van der Waals surface area contributed by atoms with Gasteiger partial charge in [0.05, 0.1) is 28.4 Å². The molecule has 0 fully saturated rings. The van der Waals surface area contributed by atoms with E-state index in [1.54, 1.807) is 20.8 Å². The summed E-state index contributed by atoms with van der Waals surface area (Å²) in [6.45, 7) is 4.89. The minimum atomic E-state index is -0.725. The van der Waals surface area contributed by atoms with Crippen LogP contribution in [0, 0.1) is 6.92 Å². The first kappa shape index (κ1) is 21.4. The maximum Gasteiger partial charge on any atom is 0.341 e. The zero-order chi connectivity index (χ0) is 21.0. The van der Waals surface area contributed by atoms with Crippen LogP contribution in [0.3, 0.4) is 0 Å². The second kappa shape index (κ2) is 8.89. The quantitative estimate of drug-likeness (QED) is 0.292. The maximum atomic E-state index is 12.4. The summed E-state index contributed by atoms with van der Waals surface area (Å²) in [4.78, 5) is 53.7. The van der Waals surface area contributed by atoms with Crippen molar-refractivity contribution >= 4 is 45.9 Å². The number of thiophene rings is 1. The van der Waals surface area contributed by atoms with E-state index in [1.807, 2.05) is 0 Å². The van der Waals surface area contributed by atoms with Gasteiger partial charge in [-0.2, -0.15) is 4.98 Å². The number of carbonyl (C=O) groups is 3. The molecule has 0 aliphatic heterocycles. The Morgan fingerprint density at radius 3 is 2.68 bits per heavy atom. The molecule has 12 heteroatoms. The lowest BCUT2D eigenvalue weighted by Gasteiger charge is -2.10. The molecule has 150 valence electrons. The van der Waals surface area contributed by atoms with Gasteiger partial charge < -0.3 is 25.9 Å². The number of aromatic nitrogens is 2. The summed E-state index contributed by atoms with van der Waals surface area (Å²) in [7, 11) is 0. The molecule has 2 aromatic rings. The summed E-state index contributed by atoms with van der Waals surface area (Å²) in [5, 5.41) is 12.1. The second-order valence-electron chi connectivity index (χ2n) is 5.82. The van der Waals surface area contributed by atoms with Crippen LogP contribution in [-0.2, 0) is 9.53 Å². The molecule has 0 spiro atoms. The molecular formula is C16H18N4O6S2. The van der Waals surface area contributed by atoms with Crippen molar-refractivity contribution in [1.29, 1.82) is 0 Å². The normalized spacial score (nSPS) is 10.7. The Morgan fingerprint density at radius 2 is 2.11 bits per heavy atom. The van der Waals surface area contributed by atoms with Crippen molar-refractivity contribution in [3.05, 3.63) is 32.4 Å². The zero-order valence-electron chi connectivity index (χ0n) is 15.2. The molecule has 10 nitrogen and oxygen atoms in total. The Bertz CT molecular complexity index is 982. The van der Waals surface area contributed by atoms with Gasteiger partial charge in [-0.25, -0.2) is 4.79 Å². The summed E-state index contributed by atoms with van der Waals surface area (Å²) < 4.78 is 5.17. The number of carbonyl (C=O) groups excluding carboxylic acids is 3. The molecule has 0 atom stereocenters. The second-order valence-corrected chi connectivity index (χ2v) is 7.81. The smallest absolute Gasteiger partial charge is 0.341 e. The maximum absolute atomic E-state index is 12.4. The Labute approximate surface area is 167 Å². The lowest BCUT2D eigenvalue weighted by atomic mass is 10.1. The van der Waals surface area contributed by atoms with Gasteiger partial charge >= 0.3 is 5.97 Å². The molecule has 0 bridgehead atoms. The minimum absolute atomic E-state index is 0.0553. The van der Waals surface area contributed by atoms with Crippen LogP contribution in [0.1, 0.15) is 39.4 Å². The number of rotatable bonds is 7. The lowest BCUT2D eigenvalue weighted by Crippen LogP contribution is -2.18. The number of amides is 2. The highest BCUT2D eigenvalue weighted by Crippen LogP contribution is 2.34. The highest BCUT2D eigenvalue weighted by atomic mass is 32.2. The van der Waals surface area contributed by atoms with Crippen LogP contribution in [0.5, 0.6) is 5.88 Å². The Morgan fingerprint density at radius 1 is 1.43 bits per heavy atom. The van der Waals surface area contributed by atoms with Gasteiger partial charge in [0.2, 0.25) is 11.8 Å². The molecule has 0 saturated heterocycles. The van der Waals surface area contributed by atoms with E-state index in [0.29, 0.717) is 5.56 Å². The highest BCUT2D eigenvalue weighted by molar-refractivity contribution is 7.99. The van der Waals surface area contributed by atoms with E-state index in [0.717, 1.165) is 29.2 Å². The number of nitrogens with one attached hydrogen (secondary N) is 2. The number of hydrogen-bond donors (Lipinski definition) is 4. The number of aromatic hydroxyl groups is 1. The van der Waals surface area contributed by atoms with Crippen molar-refractivity contribution in [2.45, 2.75) is 32.0 Å². The van der Waals surface area contributed by atoms with Crippen molar-refractivity contribution < 1.29 is 24.2 Å². The lowest BCUT2D eigenvalue weighted by molar-refractivity contribution is -0.113. The monoisotopic (exact) mass is 426 g/mol.